The number of phosphoric ester groups is 2. The van der Waals surface area contributed by atoms with Crippen LogP contribution in [0.4, 0.5) is 0 Å². The SMILES string of the molecule is CCCCC/C=C\C/C=C\C/C=C\C/C=C\CCCC(=O)OC[C@H](COP(=O)(O)OC[C@@H](O)COP(=O)(O)O)OC(=O)CCCCC(=O)C[C@@H]1[C@@H](/C=C/[C@@H](O)CCCCC)[C@H](O)C[C@@H]1O. The summed E-state index contributed by atoms with van der Waals surface area (Å²) in [5.41, 5.74) is 0. The van der Waals surface area contributed by atoms with Gasteiger partial charge in [0.1, 0.15) is 18.5 Å². The van der Waals surface area contributed by atoms with E-state index in [2.05, 4.69) is 59.4 Å². The number of rotatable bonds is 39. The molecule has 0 aromatic heterocycles. The molecule has 19 heteroatoms. The van der Waals surface area contributed by atoms with Crippen LogP contribution in [-0.2, 0) is 46.6 Å². The van der Waals surface area contributed by atoms with Crippen LogP contribution in [0, 0.1) is 11.8 Å². The molecule has 0 spiro atoms. The molecule has 0 saturated heterocycles. The van der Waals surface area contributed by atoms with Gasteiger partial charge in [-0.15, -0.1) is 0 Å². The van der Waals surface area contributed by atoms with Gasteiger partial charge >= 0.3 is 27.6 Å². The minimum atomic E-state index is -4.93. The van der Waals surface area contributed by atoms with E-state index >= 15 is 0 Å². The number of ether oxygens (including phenoxy) is 2. The predicted octanol–water partition coefficient (Wildman–Crippen LogP) is 7.57. The van der Waals surface area contributed by atoms with E-state index in [0.717, 1.165) is 44.9 Å². The van der Waals surface area contributed by atoms with Crippen molar-refractivity contribution < 1.29 is 81.7 Å². The van der Waals surface area contributed by atoms with E-state index in [4.69, 9.17) is 23.8 Å². The summed E-state index contributed by atoms with van der Waals surface area (Å²) < 4.78 is 47.7. The highest BCUT2D eigenvalue weighted by molar-refractivity contribution is 7.47. The molecule has 17 nitrogen and oxygen atoms in total. The number of allylic oxidation sites excluding steroid dienone is 8. The predicted molar refractivity (Wildman–Crippen MR) is 246 cm³/mol. The number of aliphatic hydroxyl groups excluding tert-OH is 4. The Bertz CT molecular complexity index is 1560. The van der Waals surface area contributed by atoms with Crippen LogP contribution >= 0.6 is 15.6 Å². The molecule has 1 aliphatic rings. The van der Waals surface area contributed by atoms with Crippen molar-refractivity contribution in [1.82, 2.24) is 0 Å². The van der Waals surface area contributed by atoms with Crippen LogP contribution in [0.5, 0.6) is 0 Å². The van der Waals surface area contributed by atoms with E-state index < -0.39 is 96.4 Å². The Morgan fingerprint density at radius 1 is 0.646 bits per heavy atom. The topological polar surface area (TPSA) is 273 Å². The van der Waals surface area contributed by atoms with Crippen LogP contribution in [0.15, 0.2) is 60.8 Å². The number of esters is 2. The lowest BCUT2D eigenvalue weighted by Gasteiger charge is -2.21. The van der Waals surface area contributed by atoms with Crippen LogP contribution in [0.2, 0.25) is 0 Å². The van der Waals surface area contributed by atoms with Gasteiger partial charge in [0.05, 0.1) is 38.1 Å². The van der Waals surface area contributed by atoms with Crippen molar-refractivity contribution in [2.24, 2.45) is 11.8 Å². The van der Waals surface area contributed by atoms with Crippen LogP contribution in [0.1, 0.15) is 142 Å². The normalized spacial score (nSPS) is 20.6. The number of unbranched alkanes of at least 4 members (excludes halogenated alkanes) is 7. The molecular formula is C46H78O17P2. The average Bonchev–Trinajstić information content (AvgIpc) is 3.51. The molecule has 1 fully saturated rings. The van der Waals surface area contributed by atoms with E-state index in [0.29, 0.717) is 25.7 Å². The zero-order chi connectivity index (χ0) is 48.4. The van der Waals surface area contributed by atoms with Crippen LogP contribution in [0.25, 0.3) is 0 Å². The Kier molecular flexibility index (Phi) is 33.8. The van der Waals surface area contributed by atoms with Gasteiger partial charge in [-0.3, -0.25) is 28.0 Å². The Morgan fingerprint density at radius 3 is 1.83 bits per heavy atom. The average molecular weight is 965 g/mol. The third-order valence-corrected chi connectivity index (χ3v) is 11.8. The van der Waals surface area contributed by atoms with Gasteiger partial charge in [-0.2, -0.15) is 0 Å². The zero-order valence-electron chi connectivity index (χ0n) is 38.4. The molecule has 1 saturated carbocycles. The number of phosphoric acid groups is 2. The fourth-order valence-electron chi connectivity index (χ4n) is 6.75. The largest absolute Gasteiger partial charge is 0.472 e. The van der Waals surface area contributed by atoms with Crippen molar-refractivity contribution in [2.75, 3.05) is 26.4 Å². The first kappa shape index (κ1) is 60.4. The molecule has 1 rings (SSSR count). The van der Waals surface area contributed by atoms with E-state index in [-0.39, 0.29) is 44.3 Å². The third kappa shape index (κ3) is 33.5. The highest BCUT2D eigenvalue weighted by atomic mass is 31.2. The second-order valence-corrected chi connectivity index (χ2v) is 19.0. The maximum absolute atomic E-state index is 12.9. The maximum Gasteiger partial charge on any atom is 0.472 e. The van der Waals surface area contributed by atoms with Gasteiger partial charge in [-0.1, -0.05) is 107 Å². The zero-order valence-corrected chi connectivity index (χ0v) is 40.2. The smallest absolute Gasteiger partial charge is 0.462 e. The Balaban J connectivity index is 2.62. The number of hydrogen-bond acceptors (Lipinski definition) is 14. The Labute approximate surface area is 385 Å². The van der Waals surface area contributed by atoms with Crippen molar-refractivity contribution in [2.45, 2.75) is 173 Å². The first-order chi connectivity index (χ1) is 31.0. The lowest BCUT2D eigenvalue weighted by atomic mass is 9.87. The lowest BCUT2D eigenvalue weighted by molar-refractivity contribution is -0.161. The van der Waals surface area contributed by atoms with E-state index in [9.17, 15) is 48.8 Å². The van der Waals surface area contributed by atoms with Gasteiger partial charge in [0.2, 0.25) is 0 Å². The number of Topliss-reactive ketones (excluding diaryl/α,β-unsaturated/α-hetero) is 1. The van der Waals surface area contributed by atoms with Gasteiger partial charge in [0.25, 0.3) is 0 Å². The summed E-state index contributed by atoms with van der Waals surface area (Å²) in [5, 5.41) is 41.1. The molecule has 0 aromatic rings. The third-order valence-electron chi connectivity index (χ3n) is 10.4. The second kappa shape index (κ2) is 36.4. The first-order valence-electron chi connectivity index (χ1n) is 23.2. The van der Waals surface area contributed by atoms with Crippen molar-refractivity contribution in [3.63, 3.8) is 0 Å². The highest BCUT2D eigenvalue weighted by Crippen LogP contribution is 2.44. The summed E-state index contributed by atoms with van der Waals surface area (Å²) in [6.45, 7) is 1.12. The van der Waals surface area contributed by atoms with Gasteiger partial charge in [0.15, 0.2) is 6.10 Å². The number of aliphatic hydroxyl groups is 4. The van der Waals surface area contributed by atoms with Gasteiger partial charge < -0.3 is 44.6 Å². The van der Waals surface area contributed by atoms with E-state index in [1.807, 2.05) is 12.2 Å². The molecule has 0 aliphatic heterocycles. The highest BCUT2D eigenvalue weighted by Gasteiger charge is 2.41. The number of hydrogen-bond donors (Lipinski definition) is 7. The standard InChI is InChI=1S/C46H78O17P2/c1-3-5-7-8-9-10-11-12-13-14-15-16-17-18-19-20-22-27-45(52)59-35-40(36-62-65(57,58)61-34-39(49)33-60-64(54,55)56)63-46(53)28-24-23-26-38(48)31-42-41(43(50)32-44(42)51)30-29-37(47)25-21-6-4-2/h9-10,12-13,15-16,18-19,29-30,37,39-44,47,49-51H,3-8,11,14,17,20-28,31-36H2,1-2H3,(H,57,58)(H2,54,55,56)/b10-9-,13-12-,16-15-,19-18-,30-29+/t37-,39-,40+,41+,42+,43+,44-/m0/s1. The number of carbonyl (C=O) groups excluding carboxylic acids is 3. The second-order valence-electron chi connectivity index (χ2n) is 16.3. The van der Waals surface area contributed by atoms with Crippen molar-refractivity contribution in [3.8, 4) is 0 Å². The first-order valence-corrected chi connectivity index (χ1v) is 26.2. The van der Waals surface area contributed by atoms with Gasteiger partial charge in [-0.05, 0) is 64.2 Å². The molecule has 1 unspecified atom stereocenters. The fourth-order valence-corrected chi connectivity index (χ4v) is 7.90. The molecule has 0 heterocycles. The van der Waals surface area contributed by atoms with Crippen molar-refractivity contribution >= 4 is 33.4 Å². The summed E-state index contributed by atoms with van der Waals surface area (Å²) in [4.78, 5) is 65.9. The maximum atomic E-state index is 12.9. The molecule has 0 aromatic carbocycles. The minimum absolute atomic E-state index is 0.00889. The molecular weight excluding hydrogens is 886 g/mol. The van der Waals surface area contributed by atoms with E-state index in [1.165, 1.54) is 19.3 Å². The number of carbonyl (C=O) groups is 3. The van der Waals surface area contributed by atoms with Gasteiger partial charge in [0, 0.05) is 43.9 Å². The monoisotopic (exact) mass is 964 g/mol. The Morgan fingerprint density at radius 2 is 1.20 bits per heavy atom. The summed E-state index contributed by atoms with van der Waals surface area (Å²) >= 11 is 0. The molecule has 1 aliphatic carbocycles. The van der Waals surface area contributed by atoms with Crippen molar-refractivity contribution in [1.29, 1.82) is 0 Å². The molecule has 7 N–H and O–H groups in total. The molecule has 0 amide bonds. The number of ketones is 1. The summed E-state index contributed by atoms with van der Waals surface area (Å²) in [7, 11) is -9.85. The van der Waals surface area contributed by atoms with Crippen LogP contribution < -0.4 is 0 Å². The molecule has 374 valence electrons. The summed E-state index contributed by atoms with van der Waals surface area (Å²) in [6.07, 6.45) is 27.1. The van der Waals surface area contributed by atoms with Gasteiger partial charge in [-0.25, -0.2) is 9.13 Å². The fraction of sp³-hybridized carbons (Fsp3) is 0.717. The summed E-state index contributed by atoms with van der Waals surface area (Å²) in [5.74, 6) is -2.57. The quantitative estimate of drug-likeness (QED) is 0.0135. The van der Waals surface area contributed by atoms with Crippen LogP contribution in [-0.4, -0.2) is 110 Å². The molecule has 0 bridgehead atoms. The molecule has 0 radical (unpaired) electrons. The summed E-state index contributed by atoms with van der Waals surface area (Å²) in [6, 6.07) is 0. The van der Waals surface area contributed by atoms with Crippen molar-refractivity contribution in [3.05, 3.63) is 60.8 Å². The molecule has 8 atom stereocenters. The minimum Gasteiger partial charge on any atom is -0.462 e. The molecule has 65 heavy (non-hydrogen) atoms. The Hall–Kier alpha value is -2.63. The van der Waals surface area contributed by atoms with E-state index in [1.54, 1.807) is 12.2 Å². The lowest BCUT2D eigenvalue weighted by Crippen LogP contribution is -2.30. The van der Waals surface area contributed by atoms with Crippen LogP contribution in [0.3, 0.4) is 0 Å².